The predicted molar refractivity (Wildman–Crippen MR) is 56.9 cm³/mol. The van der Waals surface area contributed by atoms with Crippen LogP contribution in [0.2, 0.25) is 0 Å². The van der Waals surface area contributed by atoms with Gasteiger partial charge in [-0.05, 0) is 32.8 Å². The van der Waals surface area contributed by atoms with Crippen LogP contribution in [0.4, 0.5) is 0 Å². The standard InChI is InChI=1S/C9H20N2S/c1-10-4-3-5-11(7-6-10)8-9-12-2/h3-9H2,1-2H3. The van der Waals surface area contributed by atoms with Gasteiger partial charge in [-0.2, -0.15) is 11.8 Å². The second-order valence-electron chi connectivity index (χ2n) is 3.49. The fourth-order valence-electron chi connectivity index (χ4n) is 1.54. The number of hydrogen-bond acceptors (Lipinski definition) is 3. The van der Waals surface area contributed by atoms with Crippen LogP contribution >= 0.6 is 11.8 Å². The molecule has 0 atom stereocenters. The van der Waals surface area contributed by atoms with Gasteiger partial charge in [0.15, 0.2) is 0 Å². The van der Waals surface area contributed by atoms with Gasteiger partial charge in [0.1, 0.15) is 0 Å². The van der Waals surface area contributed by atoms with Crippen LogP contribution in [-0.2, 0) is 0 Å². The lowest BCUT2D eigenvalue weighted by Gasteiger charge is -2.19. The lowest BCUT2D eigenvalue weighted by molar-refractivity contribution is 0.291. The van der Waals surface area contributed by atoms with Crippen LogP contribution in [0.3, 0.4) is 0 Å². The Morgan fingerprint density at radius 1 is 1.17 bits per heavy atom. The Morgan fingerprint density at radius 3 is 2.75 bits per heavy atom. The third-order valence-corrected chi connectivity index (χ3v) is 3.01. The zero-order chi connectivity index (χ0) is 8.81. The zero-order valence-corrected chi connectivity index (χ0v) is 9.07. The van der Waals surface area contributed by atoms with E-state index < -0.39 is 0 Å². The van der Waals surface area contributed by atoms with E-state index in [1.54, 1.807) is 0 Å². The highest BCUT2D eigenvalue weighted by Gasteiger charge is 2.10. The lowest BCUT2D eigenvalue weighted by Crippen LogP contribution is -2.30. The summed E-state index contributed by atoms with van der Waals surface area (Å²) in [6.07, 6.45) is 3.52. The Kier molecular flexibility index (Phi) is 5.04. The molecular formula is C9H20N2S. The second kappa shape index (κ2) is 5.84. The minimum atomic E-state index is 1.24. The number of nitrogens with zero attached hydrogens (tertiary/aromatic N) is 2. The smallest absolute Gasteiger partial charge is 0.0110 e. The first kappa shape index (κ1) is 10.4. The third kappa shape index (κ3) is 3.78. The summed E-state index contributed by atoms with van der Waals surface area (Å²) in [4.78, 5) is 5.01. The van der Waals surface area contributed by atoms with Crippen LogP contribution in [-0.4, -0.2) is 61.6 Å². The van der Waals surface area contributed by atoms with E-state index in [0.717, 1.165) is 0 Å². The number of hydrogen-bond donors (Lipinski definition) is 0. The molecule has 0 aromatic heterocycles. The highest BCUT2D eigenvalue weighted by molar-refractivity contribution is 7.98. The van der Waals surface area contributed by atoms with Crippen LogP contribution in [0.1, 0.15) is 6.42 Å². The third-order valence-electron chi connectivity index (χ3n) is 2.42. The summed E-state index contributed by atoms with van der Waals surface area (Å²) < 4.78 is 0. The van der Waals surface area contributed by atoms with Gasteiger partial charge in [-0.25, -0.2) is 0 Å². The van der Waals surface area contributed by atoms with Gasteiger partial charge in [0.25, 0.3) is 0 Å². The van der Waals surface area contributed by atoms with Crippen molar-refractivity contribution in [2.75, 3.05) is 51.8 Å². The molecule has 1 aliphatic heterocycles. The van der Waals surface area contributed by atoms with E-state index in [2.05, 4.69) is 23.1 Å². The summed E-state index contributed by atoms with van der Waals surface area (Å²) >= 11 is 1.95. The number of thioether (sulfide) groups is 1. The van der Waals surface area contributed by atoms with Gasteiger partial charge < -0.3 is 9.80 Å². The molecule has 0 saturated carbocycles. The molecule has 0 N–H and O–H groups in total. The van der Waals surface area contributed by atoms with Crippen LogP contribution in [0.25, 0.3) is 0 Å². The molecule has 0 aromatic rings. The molecule has 12 heavy (non-hydrogen) atoms. The molecule has 2 nitrogen and oxygen atoms in total. The maximum Gasteiger partial charge on any atom is 0.0110 e. The largest absolute Gasteiger partial charge is 0.305 e. The maximum absolute atomic E-state index is 2.58. The Labute approximate surface area is 80.3 Å². The van der Waals surface area contributed by atoms with E-state index in [1.165, 1.54) is 44.9 Å². The van der Waals surface area contributed by atoms with E-state index in [-0.39, 0.29) is 0 Å². The summed E-state index contributed by atoms with van der Waals surface area (Å²) in [6, 6.07) is 0. The number of rotatable bonds is 3. The van der Waals surface area contributed by atoms with Gasteiger partial charge in [-0.1, -0.05) is 0 Å². The highest BCUT2D eigenvalue weighted by Crippen LogP contribution is 2.02. The van der Waals surface area contributed by atoms with E-state index in [1.807, 2.05) is 11.8 Å². The van der Waals surface area contributed by atoms with Crippen molar-refractivity contribution in [3.05, 3.63) is 0 Å². The van der Waals surface area contributed by atoms with Gasteiger partial charge >= 0.3 is 0 Å². The fourth-order valence-corrected chi connectivity index (χ4v) is 1.98. The van der Waals surface area contributed by atoms with Crippen LogP contribution in [0, 0.1) is 0 Å². The van der Waals surface area contributed by atoms with Crippen molar-refractivity contribution in [1.29, 1.82) is 0 Å². The maximum atomic E-state index is 2.58. The Hall–Kier alpha value is 0.270. The molecule has 0 spiro atoms. The van der Waals surface area contributed by atoms with Crippen LogP contribution < -0.4 is 0 Å². The van der Waals surface area contributed by atoms with E-state index in [4.69, 9.17) is 0 Å². The van der Waals surface area contributed by atoms with Crippen molar-refractivity contribution in [1.82, 2.24) is 9.80 Å². The van der Waals surface area contributed by atoms with Crippen molar-refractivity contribution in [3.63, 3.8) is 0 Å². The topological polar surface area (TPSA) is 6.48 Å². The Balaban J connectivity index is 2.17. The average Bonchev–Trinajstić information content (AvgIpc) is 2.27. The van der Waals surface area contributed by atoms with Crippen molar-refractivity contribution < 1.29 is 0 Å². The molecule has 1 saturated heterocycles. The molecule has 72 valence electrons. The van der Waals surface area contributed by atoms with Gasteiger partial charge in [0.05, 0.1) is 0 Å². The zero-order valence-electron chi connectivity index (χ0n) is 8.25. The van der Waals surface area contributed by atoms with Crippen LogP contribution in [0.15, 0.2) is 0 Å². The molecule has 1 rings (SSSR count). The normalized spacial score (nSPS) is 22.5. The average molecular weight is 188 g/mol. The van der Waals surface area contributed by atoms with Crippen LogP contribution in [0.5, 0.6) is 0 Å². The van der Waals surface area contributed by atoms with E-state index in [9.17, 15) is 0 Å². The summed E-state index contributed by atoms with van der Waals surface area (Å²) in [5.74, 6) is 1.28. The Morgan fingerprint density at radius 2 is 2.00 bits per heavy atom. The molecule has 3 heteroatoms. The lowest BCUT2D eigenvalue weighted by atomic mass is 10.4. The van der Waals surface area contributed by atoms with Gasteiger partial charge in [-0.15, -0.1) is 0 Å². The molecule has 0 unspecified atom stereocenters. The van der Waals surface area contributed by atoms with Crippen molar-refractivity contribution in [2.45, 2.75) is 6.42 Å². The number of likely N-dealkylation sites (N-methyl/N-ethyl adjacent to an activating group) is 1. The van der Waals surface area contributed by atoms with Gasteiger partial charge in [-0.3, -0.25) is 0 Å². The predicted octanol–water partition coefficient (Wildman–Crippen LogP) is 0.987. The summed E-state index contributed by atoms with van der Waals surface area (Å²) in [5.41, 5.74) is 0. The first-order chi connectivity index (χ1) is 5.83. The van der Waals surface area contributed by atoms with Gasteiger partial charge in [0, 0.05) is 25.4 Å². The molecule has 1 heterocycles. The van der Waals surface area contributed by atoms with Gasteiger partial charge in [0.2, 0.25) is 0 Å². The minimum Gasteiger partial charge on any atom is -0.305 e. The quantitative estimate of drug-likeness (QED) is 0.652. The SMILES string of the molecule is CSCCN1CCCN(C)CC1. The van der Waals surface area contributed by atoms with Crippen molar-refractivity contribution >= 4 is 11.8 Å². The van der Waals surface area contributed by atoms with E-state index in [0.29, 0.717) is 0 Å². The molecule has 0 radical (unpaired) electrons. The second-order valence-corrected chi connectivity index (χ2v) is 4.48. The fraction of sp³-hybridized carbons (Fsp3) is 1.00. The van der Waals surface area contributed by atoms with Crippen molar-refractivity contribution in [2.24, 2.45) is 0 Å². The summed E-state index contributed by atoms with van der Waals surface area (Å²) in [6.45, 7) is 6.35. The molecule has 0 bridgehead atoms. The molecular weight excluding hydrogens is 168 g/mol. The van der Waals surface area contributed by atoms with Crippen molar-refractivity contribution in [3.8, 4) is 0 Å². The molecule has 1 aliphatic rings. The highest BCUT2D eigenvalue weighted by atomic mass is 32.2. The molecule has 0 amide bonds. The monoisotopic (exact) mass is 188 g/mol. The Bertz CT molecular complexity index is 117. The molecule has 1 fully saturated rings. The summed E-state index contributed by atoms with van der Waals surface area (Å²) in [7, 11) is 2.22. The summed E-state index contributed by atoms with van der Waals surface area (Å²) in [5, 5.41) is 0. The minimum absolute atomic E-state index is 1.24. The first-order valence-electron chi connectivity index (χ1n) is 4.73. The van der Waals surface area contributed by atoms with E-state index >= 15 is 0 Å². The molecule has 0 aromatic carbocycles. The molecule has 0 aliphatic carbocycles. The first-order valence-corrected chi connectivity index (χ1v) is 6.12.